The van der Waals surface area contributed by atoms with E-state index in [1.807, 2.05) is 0 Å². The van der Waals surface area contributed by atoms with E-state index in [4.69, 9.17) is 9.47 Å². The van der Waals surface area contributed by atoms with Crippen LogP contribution in [0.15, 0.2) is 6.33 Å². The third kappa shape index (κ3) is 5.08. The fraction of sp³-hybridized carbons (Fsp3) is 0.375. The molecule has 12 heteroatoms. The summed E-state index contributed by atoms with van der Waals surface area (Å²) in [7, 11) is 2.52. The zero-order valence-corrected chi connectivity index (χ0v) is 15.9. The van der Waals surface area contributed by atoms with Gasteiger partial charge in [-0.1, -0.05) is 23.2 Å². The molecule has 2 aromatic heterocycles. The van der Waals surface area contributed by atoms with Gasteiger partial charge in [0.2, 0.25) is 11.8 Å². The van der Waals surface area contributed by atoms with Crippen molar-refractivity contribution < 1.29 is 32.5 Å². The van der Waals surface area contributed by atoms with Crippen molar-refractivity contribution in [3.63, 3.8) is 0 Å². The Balaban J connectivity index is 2.44. The summed E-state index contributed by atoms with van der Waals surface area (Å²) in [5.41, 5.74) is -2.98. The highest BCUT2D eigenvalue weighted by Crippen LogP contribution is 2.36. The SMILES string of the molecule is COc1ncnc(OC)c1C(=O)Nc1nc(C(F)(F)F)c(C#CC(C)(C)O)s1. The number of hydrogen-bond donors (Lipinski definition) is 2. The molecule has 0 atom stereocenters. The van der Waals surface area contributed by atoms with Crippen LogP contribution < -0.4 is 14.8 Å². The van der Waals surface area contributed by atoms with Crippen molar-refractivity contribution in [1.82, 2.24) is 15.0 Å². The molecule has 2 N–H and O–H groups in total. The number of nitrogens with zero attached hydrogens (tertiary/aromatic N) is 3. The van der Waals surface area contributed by atoms with Crippen molar-refractivity contribution >= 4 is 22.4 Å². The van der Waals surface area contributed by atoms with Crippen molar-refractivity contribution in [2.75, 3.05) is 19.5 Å². The van der Waals surface area contributed by atoms with E-state index < -0.39 is 28.3 Å². The van der Waals surface area contributed by atoms with Gasteiger partial charge in [-0.3, -0.25) is 10.1 Å². The van der Waals surface area contributed by atoms with Gasteiger partial charge in [-0.05, 0) is 13.8 Å². The van der Waals surface area contributed by atoms with Crippen LogP contribution in [-0.4, -0.2) is 45.8 Å². The molecule has 0 saturated heterocycles. The summed E-state index contributed by atoms with van der Waals surface area (Å²) in [6.07, 6.45) is -3.70. The van der Waals surface area contributed by atoms with Gasteiger partial charge < -0.3 is 14.6 Å². The number of rotatable bonds is 4. The van der Waals surface area contributed by atoms with Gasteiger partial charge in [-0.25, -0.2) is 15.0 Å². The molecule has 150 valence electrons. The number of alkyl halides is 3. The molecule has 0 aliphatic carbocycles. The first-order chi connectivity index (χ1) is 13.0. The van der Waals surface area contributed by atoms with Crippen molar-refractivity contribution in [3.05, 3.63) is 22.5 Å². The van der Waals surface area contributed by atoms with Crippen LogP contribution in [-0.2, 0) is 6.18 Å². The number of nitrogens with one attached hydrogen (secondary N) is 1. The summed E-state index contributed by atoms with van der Waals surface area (Å²) in [5, 5.41) is 11.5. The number of ether oxygens (including phenoxy) is 2. The number of hydrogen-bond acceptors (Lipinski definition) is 8. The van der Waals surface area contributed by atoms with Gasteiger partial charge in [-0.15, -0.1) is 0 Å². The molecule has 0 aromatic carbocycles. The molecule has 28 heavy (non-hydrogen) atoms. The van der Waals surface area contributed by atoms with Crippen LogP contribution >= 0.6 is 11.3 Å². The van der Waals surface area contributed by atoms with Gasteiger partial charge in [0, 0.05) is 0 Å². The molecule has 0 radical (unpaired) electrons. The van der Waals surface area contributed by atoms with E-state index in [0.29, 0.717) is 11.3 Å². The number of carbonyl (C=O) groups excluding carboxylic acids is 1. The number of aromatic nitrogens is 3. The first kappa shape index (κ1) is 21.4. The Morgan fingerprint density at radius 3 is 2.25 bits per heavy atom. The Labute approximate surface area is 161 Å². The first-order valence-electron chi connectivity index (χ1n) is 7.54. The molecule has 0 bridgehead atoms. The van der Waals surface area contributed by atoms with Crippen LogP contribution in [0, 0.1) is 11.8 Å². The third-order valence-electron chi connectivity index (χ3n) is 2.99. The van der Waals surface area contributed by atoms with Crippen molar-refractivity contribution in [2.24, 2.45) is 0 Å². The van der Waals surface area contributed by atoms with Gasteiger partial charge in [0.1, 0.15) is 16.8 Å². The molecule has 2 heterocycles. The molecule has 0 unspecified atom stereocenters. The number of carbonyl (C=O) groups is 1. The highest BCUT2D eigenvalue weighted by Gasteiger charge is 2.38. The van der Waals surface area contributed by atoms with Crippen LogP contribution in [0.25, 0.3) is 0 Å². The van der Waals surface area contributed by atoms with Crippen LogP contribution in [0.2, 0.25) is 0 Å². The summed E-state index contributed by atoms with van der Waals surface area (Å²) in [4.78, 5) is 23.0. The van der Waals surface area contributed by atoms with E-state index in [2.05, 4.69) is 32.1 Å². The summed E-state index contributed by atoms with van der Waals surface area (Å²) in [6.45, 7) is 2.65. The minimum absolute atomic E-state index is 0.126. The lowest BCUT2D eigenvalue weighted by molar-refractivity contribution is -0.140. The number of aliphatic hydroxyl groups is 1. The number of halogens is 3. The Morgan fingerprint density at radius 2 is 1.79 bits per heavy atom. The predicted octanol–water partition coefficient (Wildman–Crippen LogP) is 2.34. The topological polar surface area (TPSA) is 106 Å². The summed E-state index contributed by atoms with van der Waals surface area (Å²) in [6, 6.07) is 0. The average molecular weight is 416 g/mol. The molecule has 2 rings (SSSR count). The van der Waals surface area contributed by atoms with Gasteiger partial charge >= 0.3 is 6.18 Å². The van der Waals surface area contributed by atoms with Crippen LogP contribution in [0.5, 0.6) is 11.8 Å². The Bertz CT molecular complexity index is 920. The first-order valence-corrected chi connectivity index (χ1v) is 8.35. The van der Waals surface area contributed by atoms with E-state index in [-0.39, 0.29) is 22.5 Å². The number of thiazole rings is 1. The summed E-state index contributed by atoms with van der Waals surface area (Å²) >= 11 is 0.507. The molecule has 0 fully saturated rings. The Kier molecular flexibility index (Phi) is 6.10. The van der Waals surface area contributed by atoms with Gasteiger partial charge in [0.25, 0.3) is 5.91 Å². The van der Waals surface area contributed by atoms with Gasteiger partial charge in [0.05, 0.1) is 14.2 Å². The highest BCUT2D eigenvalue weighted by molar-refractivity contribution is 7.16. The van der Waals surface area contributed by atoms with E-state index in [0.717, 1.165) is 6.33 Å². The minimum Gasteiger partial charge on any atom is -0.480 e. The third-order valence-corrected chi connectivity index (χ3v) is 3.88. The molecule has 0 aliphatic heterocycles. The fourth-order valence-electron chi connectivity index (χ4n) is 1.88. The standard InChI is InChI=1S/C16H15F3N4O4S/c1-15(2,25)6-5-8-10(16(17,18)19)22-14(28-8)23-11(24)9-12(26-3)20-7-21-13(9)27-4/h7,25H,1-4H3,(H,22,23,24). The smallest absolute Gasteiger partial charge is 0.435 e. The molecule has 0 spiro atoms. The molecular weight excluding hydrogens is 401 g/mol. The van der Waals surface area contributed by atoms with Gasteiger partial charge in [0.15, 0.2) is 16.4 Å². The van der Waals surface area contributed by atoms with E-state index in [1.54, 1.807) is 0 Å². The van der Waals surface area contributed by atoms with E-state index in [9.17, 15) is 23.1 Å². The number of anilines is 1. The molecule has 2 aromatic rings. The fourth-order valence-corrected chi connectivity index (χ4v) is 2.71. The normalized spacial score (nSPS) is 11.4. The molecule has 1 amide bonds. The number of amides is 1. The summed E-state index contributed by atoms with van der Waals surface area (Å²) < 4.78 is 49.6. The largest absolute Gasteiger partial charge is 0.480 e. The zero-order chi connectivity index (χ0) is 21.1. The molecule has 0 aliphatic rings. The molecular formula is C16H15F3N4O4S. The van der Waals surface area contributed by atoms with Crippen molar-refractivity contribution in [3.8, 4) is 23.6 Å². The predicted molar refractivity (Wildman–Crippen MR) is 93.4 cm³/mol. The maximum Gasteiger partial charge on any atom is 0.435 e. The number of methoxy groups -OCH3 is 2. The maximum absolute atomic E-state index is 13.2. The lowest BCUT2D eigenvalue weighted by Gasteiger charge is -2.09. The monoisotopic (exact) mass is 416 g/mol. The minimum atomic E-state index is -4.80. The molecule has 0 saturated carbocycles. The second kappa shape index (κ2) is 7.99. The zero-order valence-electron chi connectivity index (χ0n) is 15.1. The molecule has 8 nitrogen and oxygen atoms in total. The second-order valence-corrected chi connectivity index (χ2v) is 6.72. The van der Waals surface area contributed by atoms with Crippen molar-refractivity contribution in [2.45, 2.75) is 25.6 Å². The Hall–Kier alpha value is -2.91. The lowest BCUT2D eigenvalue weighted by Crippen LogP contribution is -2.16. The van der Waals surface area contributed by atoms with Crippen molar-refractivity contribution in [1.29, 1.82) is 0 Å². The van der Waals surface area contributed by atoms with Crippen LogP contribution in [0.3, 0.4) is 0 Å². The summed E-state index contributed by atoms with van der Waals surface area (Å²) in [5.74, 6) is 3.41. The van der Waals surface area contributed by atoms with Crippen LogP contribution in [0.1, 0.15) is 34.8 Å². The Morgan fingerprint density at radius 1 is 1.21 bits per heavy atom. The maximum atomic E-state index is 13.2. The lowest BCUT2D eigenvalue weighted by atomic mass is 10.1. The van der Waals surface area contributed by atoms with E-state index in [1.165, 1.54) is 28.1 Å². The highest BCUT2D eigenvalue weighted by atomic mass is 32.1. The average Bonchev–Trinajstić information content (AvgIpc) is 3.01. The van der Waals surface area contributed by atoms with Crippen LogP contribution in [0.4, 0.5) is 18.3 Å². The van der Waals surface area contributed by atoms with Gasteiger partial charge in [-0.2, -0.15) is 13.2 Å². The second-order valence-electron chi connectivity index (χ2n) is 5.72. The quantitative estimate of drug-likeness (QED) is 0.737. The van der Waals surface area contributed by atoms with E-state index >= 15 is 0 Å².